The lowest BCUT2D eigenvalue weighted by molar-refractivity contribution is 0.973. The number of hydrogen-bond donors (Lipinski definition) is 1. The average molecular weight is 410 g/mol. The third kappa shape index (κ3) is 3.06. The summed E-state index contributed by atoms with van der Waals surface area (Å²) < 4.78 is 2.94. The average Bonchev–Trinajstić information content (AvgIpc) is 3.24. The molecule has 1 N–H and O–H groups in total. The molecule has 0 fully saturated rings. The number of nitriles is 1. The number of benzene rings is 1. The van der Waals surface area contributed by atoms with E-state index in [1.165, 1.54) is 11.8 Å². The number of nitrogens with one attached hydrogen (secondary N) is 1. The molecule has 1 aromatic carbocycles. The summed E-state index contributed by atoms with van der Waals surface area (Å²) in [5.74, 6) is 1.36. The first kappa shape index (κ1) is 15.9. The summed E-state index contributed by atoms with van der Waals surface area (Å²) in [6.07, 6.45) is 3.93. The minimum atomic E-state index is 0.637. The molecule has 0 bridgehead atoms. The molecule has 0 radical (unpaired) electrons. The zero-order valence-electron chi connectivity index (χ0n) is 13.0. The van der Waals surface area contributed by atoms with Gasteiger partial charge in [0.05, 0.1) is 11.1 Å². The lowest BCUT2D eigenvalue weighted by Gasteiger charge is -1.98. The summed E-state index contributed by atoms with van der Waals surface area (Å²) >= 11 is 5.03. The number of thioether (sulfide) groups is 1. The fourth-order valence-corrected chi connectivity index (χ4v) is 3.88. The van der Waals surface area contributed by atoms with Crippen LogP contribution < -0.4 is 0 Å². The van der Waals surface area contributed by atoms with Gasteiger partial charge in [0.1, 0.15) is 6.07 Å². The van der Waals surface area contributed by atoms with Gasteiger partial charge < -0.3 is 4.40 Å². The number of hydrogen-bond acceptors (Lipinski definition) is 4. The number of aromatic nitrogens is 4. The van der Waals surface area contributed by atoms with E-state index in [9.17, 15) is 5.26 Å². The number of H-pyrrole nitrogens is 1. The second-order valence-electron chi connectivity index (χ2n) is 5.37. The molecule has 0 saturated carbocycles. The van der Waals surface area contributed by atoms with Crippen molar-refractivity contribution in [2.45, 2.75) is 10.9 Å². The molecule has 4 rings (SSSR count). The Morgan fingerprint density at radius 2 is 2.04 bits per heavy atom. The molecule has 5 nitrogen and oxygen atoms in total. The fraction of sp³-hybridized carbons (Fsp3) is 0.0556. The van der Waals surface area contributed by atoms with Crippen molar-refractivity contribution in [1.29, 1.82) is 5.26 Å². The standard InChI is InChI=1S/C18H12BrN5S/c19-15-6-2-1-5-13(15)17-21-18(23-22-17)25-11-12-10-24-8-4-3-7-16(24)14(12)9-20/h1-8,10H,11H2,(H,21,22,23). The highest BCUT2D eigenvalue weighted by Gasteiger charge is 2.13. The van der Waals surface area contributed by atoms with Gasteiger partial charge in [-0.2, -0.15) is 5.26 Å². The Bertz CT molecular complexity index is 1090. The van der Waals surface area contributed by atoms with Crippen molar-refractivity contribution in [2.75, 3.05) is 0 Å². The minimum Gasteiger partial charge on any atom is -0.322 e. The van der Waals surface area contributed by atoms with E-state index in [-0.39, 0.29) is 0 Å². The van der Waals surface area contributed by atoms with Gasteiger partial charge in [-0.05, 0) is 23.8 Å². The maximum atomic E-state index is 9.47. The van der Waals surface area contributed by atoms with Crippen LogP contribution in [0.15, 0.2) is 64.5 Å². The van der Waals surface area contributed by atoms with Gasteiger partial charge in [-0.3, -0.25) is 5.10 Å². The predicted octanol–water partition coefficient (Wildman–Crippen LogP) is 4.65. The molecule has 0 saturated heterocycles. The first-order valence-corrected chi connectivity index (χ1v) is 9.33. The summed E-state index contributed by atoms with van der Waals surface area (Å²) in [5.41, 5.74) is 3.57. The van der Waals surface area contributed by atoms with Gasteiger partial charge in [-0.1, -0.05) is 52.0 Å². The summed E-state index contributed by atoms with van der Waals surface area (Å²) in [4.78, 5) is 4.54. The van der Waals surface area contributed by atoms with Crippen molar-refractivity contribution in [3.05, 3.63) is 70.5 Å². The van der Waals surface area contributed by atoms with Gasteiger partial charge in [-0.25, -0.2) is 4.98 Å². The molecule has 0 spiro atoms. The normalized spacial score (nSPS) is 10.9. The number of fused-ring (bicyclic) bond motifs is 1. The molecule has 0 atom stereocenters. The van der Waals surface area contributed by atoms with Crippen molar-refractivity contribution in [3.63, 3.8) is 0 Å². The van der Waals surface area contributed by atoms with Gasteiger partial charge in [0.15, 0.2) is 5.82 Å². The van der Waals surface area contributed by atoms with E-state index in [4.69, 9.17) is 0 Å². The predicted molar refractivity (Wildman–Crippen MR) is 101 cm³/mol. The van der Waals surface area contributed by atoms with Crippen LogP contribution in [0.2, 0.25) is 0 Å². The molecular formula is C18H12BrN5S. The molecule has 0 aliphatic carbocycles. The molecule has 0 unspecified atom stereocenters. The Hall–Kier alpha value is -2.56. The van der Waals surface area contributed by atoms with Crippen LogP contribution in [-0.2, 0) is 5.75 Å². The lowest BCUT2D eigenvalue weighted by Crippen LogP contribution is -1.84. The second kappa shape index (κ2) is 6.75. The highest BCUT2D eigenvalue weighted by molar-refractivity contribution is 9.10. The van der Waals surface area contributed by atoms with Crippen molar-refractivity contribution in [1.82, 2.24) is 19.6 Å². The maximum absolute atomic E-state index is 9.47. The zero-order valence-corrected chi connectivity index (χ0v) is 15.4. The SMILES string of the molecule is N#Cc1c(CSc2n[nH]c(-c3ccccc3Br)n2)cn2ccccc12. The van der Waals surface area contributed by atoms with Crippen LogP contribution in [0.4, 0.5) is 0 Å². The zero-order chi connectivity index (χ0) is 17.2. The molecule has 7 heteroatoms. The minimum absolute atomic E-state index is 0.637. The van der Waals surface area contributed by atoms with Gasteiger partial charge in [-0.15, -0.1) is 5.10 Å². The number of halogens is 1. The molecule has 3 heterocycles. The van der Waals surface area contributed by atoms with Crippen LogP contribution in [0.3, 0.4) is 0 Å². The third-order valence-electron chi connectivity index (χ3n) is 3.82. The van der Waals surface area contributed by atoms with Gasteiger partial charge >= 0.3 is 0 Å². The van der Waals surface area contributed by atoms with Crippen molar-refractivity contribution in [2.24, 2.45) is 0 Å². The van der Waals surface area contributed by atoms with Gasteiger partial charge in [0.25, 0.3) is 0 Å². The van der Waals surface area contributed by atoms with Crippen LogP contribution >= 0.6 is 27.7 Å². The van der Waals surface area contributed by atoms with E-state index in [1.807, 2.05) is 59.3 Å². The Balaban J connectivity index is 1.57. The van der Waals surface area contributed by atoms with Crippen LogP contribution in [-0.4, -0.2) is 19.6 Å². The monoisotopic (exact) mass is 409 g/mol. The van der Waals surface area contributed by atoms with E-state index in [2.05, 4.69) is 37.2 Å². The van der Waals surface area contributed by atoms with Crippen molar-refractivity contribution >= 4 is 33.2 Å². The molecule has 25 heavy (non-hydrogen) atoms. The number of pyridine rings is 1. The van der Waals surface area contributed by atoms with E-state index < -0.39 is 0 Å². The molecular weight excluding hydrogens is 398 g/mol. The van der Waals surface area contributed by atoms with Gasteiger partial charge in [0.2, 0.25) is 5.16 Å². The highest BCUT2D eigenvalue weighted by Crippen LogP contribution is 2.29. The van der Waals surface area contributed by atoms with Crippen LogP contribution in [0.25, 0.3) is 16.9 Å². The molecule has 0 aliphatic heterocycles. The van der Waals surface area contributed by atoms with E-state index in [0.717, 1.165) is 26.9 Å². The van der Waals surface area contributed by atoms with Crippen LogP contribution in [0.1, 0.15) is 11.1 Å². The van der Waals surface area contributed by atoms with Crippen molar-refractivity contribution in [3.8, 4) is 17.5 Å². The Morgan fingerprint density at radius 1 is 1.20 bits per heavy atom. The number of rotatable bonds is 4. The molecule has 3 aromatic heterocycles. The van der Waals surface area contributed by atoms with Crippen molar-refractivity contribution < 1.29 is 0 Å². The Labute approximate surface area is 156 Å². The van der Waals surface area contributed by atoms with Crippen LogP contribution in [0.5, 0.6) is 0 Å². The first-order chi connectivity index (χ1) is 12.3. The quantitative estimate of drug-likeness (QED) is 0.497. The molecule has 0 amide bonds. The molecule has 0 aliphatic rings. The summed E-state index contributed by atoms with van der Waals surface area (Å²) in [6, 6.07) is 16.0. The maximum Gasteiger partial charge on any atom is 0.209 e. The number of aromatic amines is 1. The van der Waals surface area contributed by atoms with Crippen LogP contribution in [0, 0.1) is 11.3 Å². The third-order valence-corrected chi connectivity index (χ3v) is 5.41. The van der Waals surface area contributed by atoms with E-state index in [1.54, 1.807) is 0 Å². The molecule has 122 valence electrons. The Kier molecular flexibility index (Phi) is 4.30. The Morgan fingerprint density at radius 3 is 2.88 bits per heavy atom. The fourth-order valence-electron chi connectivity index (χ4n) is 2.64. The number of nitrogens with zero attached hydrogens (tertiary/aromatic N) is 4. The topological polar surface area (TPSA) is 69.8 Å². The summed E-state index contributed by atoms with van der Waals surface area (Å²) in [7, 11) is 0. The highest BCUT2D eigenvalue weighted by atomic mass is 79.9. The van der Waals surface area contributed by atoms with Gasteiger partial charge in [0, 0.05) is 28.2 Å². The van der Waals surface area contributed by atoms with E-state index in [0.29, 0.717) is 16.5 Å². The van der Waals surface area contributed by atoms with E-state index >= 15 is 0 Å². The second-order valence-corrected chi connectivity index (χ2v) is 7.17. The lowest BCUT2D eigenvalue weighted by atomic mass is 10.2. The summed E-state index contributed by atoms with van der Waals surface area (Å²) in [6.45, 7) is 0. The smallest absolute Gasteiger partial charge is 0.209 e. The largest absolute Gasteiger partial charge is 0.322 e. The molecule has 4 aromatic rings. The first-order valence-electron chi connectivity index (χ1n) is 7.55. The summed E-state index contributed by atoms with van der Waals surface area (Å²) in [5, 5.41) is 17.4.